The van der Waals surface area contributed by atoms with E-state index in [0.717, 1.165) is 25.0 Å². The first kappa shape index (κ1) is 17.8. The van der Waals surface area contributed by atoms with E-state index in [4.69, 9.17) is 5.73 Å². The smallest absolute Gasteiger partial charge is 0.226 e. The minimum atomic E-state index is -0.496. The highest BCUT2D eigenvalue weighted by molar-refractivity contribution is 5.85. The van der Waals surface area contributed by atoms with Crippen LogP contribution in [-0.2, 0) is 9.59 Å². The van der Waals surface area contributed by atoms with Gasteiger partial charge in [-0.15, -0.1) is 0 Å². The lowest BCUT2D eigenvalue weighted by Gasteiger charge is -2.32. The number of hydrogen-bond donors (Lipinski definition) is 2. The monoisotopic (exact) mass is 351 g/mol. The second kappa shape index (κ2) is 7.47. The first-order valence-electron chi connectivity index (χ1n) is 8.72. The highest BCUT2D eigenvalue weighted by atomic mass is 19.1. The molecule has 3 N–H and O–H groups in total. The predicted octanol–water partition coefficient (Wildman–Crippen LogP) is 1.38. The van der Waals surface area contributed by atoms with Crippen molar-refractivity contribution < 1.29 is 18.4 Å². The van der Waals surface area contributed by atoms with E-state index in [9.17, 15) is 18.4 Å². The number of nitrogens with one attached hydrogen (secondary N) is 1. The number of piperidine rings is 1. The molecule has 0 aromatic heterocycles. The Hall–Kier alpha value is -2.02. The molecule has 1 saturated carbocycles. The van der Waals surface area contributed by atoms with Gasteiger partial charge in [0, 0.05) is 32.1 Å². The summed E-state index contributed by atoms with van der Waals surface area (Å²) in [5.41, 5.74) is 5.66. The third-order valence-corrected chi connectivity index (χ3v) is 5.01. The Balaban J connectivity index is 1.60. The second-order valence-corrected chi connectivity index (χ2v) is 6.82. The Labute approximate surface area is 145 Å². The minimum Gasteiger partial charge on any atom is -0.355 e. The number of hydrogen-bond acceptors (Lipinski definition) is 3. The van der Waals surface area contributed by atoms with Crippen LogP contribution in [0.1, 0.15) is 30.7 Å². The molecule has 3 atom stereocenters. The van der Waals surface area contributed by atoms with Gasteiger partial charge < -0.3 is 16.0 Å². The zero-order valence-corrected chi connectivity index (χ0v) is 14.0. The van der Waals surface area contributed by atoms with Crippen molar-refractivity contribution in [2.24, 2.45) is 17.6 Å². The standard InChI is InChI=1S/C18H23F2N3O2/c19-12-3-4-16(20)14(8-12)13-9-15(13)18(25)23-7-1-2-11(10-23)17(24)22-6-5-21/h3-4,8,11,13,15H,1-2,5-7,9-10,21H2,(H,22,24). The lowest BCUT2D eigenvalue weighted by Crippen LogP contribution is -2.46. The van der Waals surface area contributed by atoms with Crippen molar-refractivity contribution in [1.29, 1.82) is 0 Å². The van der Waals surface area contributed by atoms with Crippen molar-refractivity contribution >= 4 is 11.8 Å². The van der Waals surface area contributed by atoms with Crippen LogP contribution in [0.5, 0.6) is 0 Å². The number of rotatable bonds is 5. The molecular weight excluding hydrogens is 328 g/mol. The fourth-order valence-corrected chi connectivity index (χ4v) is 3.58. The molecule has 0 bridgehead atoms. The van der Waals surface area contributed by atoms with Crippen LogP contribution in [0.25, 0.3) is 0 Å². The highest BCUT2D eigenvalue weighted by Crippen LogP contribution is 2.49. The van der Waals surface area contributed by atoms with Crippen LogP contribution in [-0.4, -0.2) is 42.9 Å². The van der Waals surface area contributed by atoms with E-state index in [0.29, 0.717) is 32.6 Å². The Bertz CT molecular complexity index is 668. The lowest BCUT2D eigenvalue weighted by molar-refractivity contribution is -0.136. The average Bonchev–Trinajstić information content (AvgIpc) is 3.41. The molecule has 1 heterocycles. The van der Waals surface area contributed by atoms with Crippen molar-refractivity contribution in [3.63, 3.8) is 0 Å². The van der Waals surface area contributed by atoms with Crippen LogP contribution in [0.15, 0.2) is 18.2 Å². The normalized spacial score (nSPS) is 25.6. The molecule has 2 aliphatic rings. The average molecular weight is 351 g/mol. The summed E-state index contributed by atoms with van der Waals surface area (Å²) in [5, 5.41) is 2.76. The number of likely N-dealkylation sites (tertiary alicyclic amines) is 1. The second-order valence-electron chi connectivity index (χ2n) is 6.82. The van der Waals surface area contributed by atoms with Crippen molar-refractivity contribution in [2.45, 2.75) is 25.2 Å². The molecule has 0 spiro atoms. The first-order valence-corrected chi connectivity index (χ1v) is 8.72. The molecule has 2 fully saturated rings. The maximum atomic E-state index is 13.9. The third-order valence-electron chi connectivity index (χ3n) is 5.01. The molecule has 1 aromatic rings. The molecule has 7 heteroatoms. The topological polar surface area (TPSA) is 75.4 Å². The Morgan fingerprint density at radius 1 is 1.32 bits per heavy atom. The van der Waals surface area contributed by atoms with E-state index in [1.165, 1.54) is 6.07 Å². The van der Waals surface area contributed by atoms with Crippen molar-refractivity contribution in [1.82, 2.24) is 10.2 Å². The maximum Gasteiger partial charge on any atom is 0.226 e. The summed E-state index contributed by atoms with van der Waals surface area (Å²) in [7, 11) is 0. The molecule has 2 amide bonds. The van der Waals surface area contributed by atoms with Gasteiger partial charge in [-0.2, -0.15) is 0 Å². The molecule has 3 rings (SSSR count). The van der Waals surface area contributed by atoms with Crippen LogP contribution in [0.4, 0.5) is 8.78 Å². The number of nitrogens with two attached hydrogens (primary N) is 1. The zero-order valence-electron chi connectivity index (χ0n) is 14.0. The number of carbonyl (C=O) groups excluding carboxylic acids is 2. The van der Waals surface area contributed by atoms with Gasteiger partial charge in [0.2, 0.25) is 11.8 Å². The molecule has 25 heavy (non-hydrogen) atoms. The third kappa shape index (κ3) is 3.98. The van der Waals surface area contributed by atoms with Crippen LogP contribution in [0, 0.1) is 23.5 Å². The number of carbonyl (C=O) groups is 2. The SMILES string of the molecule is NCCNC(=O)C1CCCN(C(=O)C2CC2c2cc(F)ccc2F)C1. The summed E-state index contributed by atoms with van der Waals surface area (Å²) in [6, 6.07) is 3.35. The van der Waals surface area contributed by atoms with E-state index < -0.39 is 11.6 Å². The summed E-state index contributed by atoms with van der Waals surface area (Å²) in [6.45, 7) is 1.79. The highest BCUT2D eigenvalue weighted by Gasteiger charge is 2.47. The van der Waals surface area contributed by atoms with E-state index in [-0.39, 0.29) is 35.1 Å². The van der Waals surface area contributed by atoms with Crippen LogP contribution in [0.3, 0.4) is 0 Å². The Morgan fingerprint density at radius 2 is 2.12 bits per heavy atom. The molecule has 5 nitrogen and oxygen atoms in total. The largest absolute Gasteiger partial charge is 0.355 e. The van der Waals surface area contributed by atoms with Gasteiger partial charge in [0.05, 0.1) is 5.92 Å². The van der Waals surface area contributed by atoms with Gasteiger partial charge in [-0.05, 0) is 48.9 Å². The Kier molecular flexibility index (Phi) is 5.32. The van der Waals surface area contributed by atoms with Gasteiger partial charge >= 0.3 is 0 Å². The summed E-state index contributed by atoms with van der Waals surface area (Å²) in [5.74, 6) is -1.93. The van der Waals surface area contributed by atoms with Gasteiger partial charge in [-0.1, -0.05) is 0 Å². The van der Waals surface area contributed by atoms with E-state index >= 15 is 0 Å². The summed E-state index contributed by atoms with van der Waals surface area (Å²) < 4.78 is 27.2. The van der Waals surface area contributed by atoms with Gasteiger partial charge in [-0.3, -0.25) is 9.59 Å². The van der Waals surface area contributed by atoms with Crippen molar-refractivity contribution in [3.05, 3.63) is 35.4 Å². The number of amides is 2. The quantitative estimate of drug-likeness (QED) is 0.842. The molecular formula is C18H23F2N3O2. The molecule has 3 unspecified atom stereocenters. The number of benzene rings is 1. The van der Waals surface area contributed by atoms with Gasteiger partial charge in [0.1, 0.15) is 11.6 Å². The van der Waals surface area contributed by atoms with E-state index in [1.807, 2.05) is 0 Å². The van der Waals surface area contributed by atoms with Crippen LogP contribution in [0.2, 0.25) is 0 Å². The molecule has 0 radical (unpaired) electrons. The number of halogens is 2. The summed E-state index contributed by atoms with van der Waals surface area (Å²) in [4.78, 5) is 26.5. The van der Waals surface area contributed by atoms with Gasteiger partial charge in [0.25, 0.3) is 0 Å². The van der Waals surface area contributed by atoms with Crippen molar-refractivity contribution in [2.75, 3.05) is 26.2 Å². The molecule has 1 aliphatic carbocycles. The molecule has 1 aliphatic heterocycles. The first-order chi connectivity index (χ1) is 12.0. The summed E-state index contributed by atoms with van der Waals surface area (Å²) in [6.07, 6.45) is 2.03. The van der Waals surface area contributed by atoms with Crippen LogP contribution < -0.4 is 11.1 Å². The zero-order chi connectivity index (χ0) is 18.0. The van der Waals surface area contributed by atoms with Gasteiger partial charge in [0.15, 0.2) is 0 Å². The Morgan fingerprint density at radius 3 is 2.88 bits per heavy atom. The van der Waals surface area contributed by atoms with Gasteiger partial charge in [-0.25, -0.2) is 8.78 Å². The fraction of sp³-hybridized carbons (Fsp3) is 0.556. The van der Waals surface area contributed by atoms with E-state index in [2.05, 4.69) is 5.32 Å². The number of nitrogens with zero attached hydrogens (tertiary/aromatic N) is 1. The molecule has 136 valence electrons. The fourth-order valence-electron chi connectivity index (χ4n) is 3.58. The van der Waals surface area contributed by atoms with Crippen LogP contribution >= 0.6 is 0 Å². The van der Waals surface area contributed by atoms with Crippen molar-refractivity contribution in [3.8, 4) is 0 Å². The maximum absolute atomic E-state index is 13.9. The van der Waals surface area contributed by atoms with E-state index in [1.54, 1.807) is 4.90 Å². The minimum absolute atomic E-state index is 0.0648. The molecule has 1 aromatic carbocycles. The predicted molar refractivity (Wildman–Crippen MR) is 88.6 cm³/mol. The molecule has 1 saturated heterocycles. The summed E-state index contributed by atoms with van der Waals surface area (Å²) >= 11 is 0. The lowest BCUT2D eigenvalue weighted by atomic mass is 9.96.